The van der Waals surface area contributed by atoms with Gasteiger partial charge in [0.15, 0.2) is 0 Å². The van der Waals surface area contributed by atoms with E-state index in [1.807, 2.05) is 44.2 Å². The van der Waals surface area contributed by atoms with Gasteiger partial charge in [0.2, 0.25) is 0 Å². The maximum absolute atomic E-state index is 11.4. The Balaban J connectivity index is 2.20. The molecule has 1 aliphatic heterocycles. The van der Waals surface area contributed by atoms with Crippen molar-refractivity contribution >= 4 is 22.6 Å². The summed E-state index contributed by atoms with van der Waals surface area (Å²) in [5, 5.41) is 0.624. The molecule has 3 nitrogen and oxygen atoms in total. The third-order valence-electron chi connectivity index (χ3n) is 3.37. The van der Waals surface area contributed by atoms with Crippen LogP contribution in [-0.2, 0) is 9.53 Å². The zero-order valence-corrected chi connectivity index (χ0v) is 12.0. The number of cyclic esters (lactones) is 1. The SMILES string of the molecule is COc1ccc(C(Cl)=CC2CC(=O)OC2(C)C)cc1. The van der Waals surface area contributed by atoms with Gasteiger partial charge in [0.1, 0.15) is 11.4 Å². The minimum Gasteiger partial charge on any atom is -0.497 e. The van der Waals surface area contributed by atoms with Gasteiger partial charge in [0.05, 0.1) is 13.5 Å². The van der Waals surface area contributed by atoms with E-state index in [9.17, 15) is 4.79 Å². The fourth-order valence-electron chi connectivity index (χ4n) is 2.12. The van der Waals surface area contributed by atoms with E-state index in [0.717, 1.165) is 11.3 Å². The lowest BCUT2D eigenvalue weighted by Crippen LogP contribution is -2.26. The van der Waals surface area contributed by atoms with Gasteiger partial charge in [-0.1, -0.05) is 17.7 Å². The van der Waals surface area contributed by atoms with Crippen molar-refractivity contribution in [1.82, 2.24) is 0 Å². The molecule has 4 heteroatoms. The molecule has 0 aliphatic carbocycles. The van der Waals surface area contributed by atoms with Crippen LogP contribution < -0.4 is 4.74 Å². The number of halogens is 1. The average molecular weight is 281 g/mol. The molecule has 1 atom stereocenters. The molecule has 1 unspecified atom stereocenters. The summed E-state index contributed by atoms with van der Waals surface area (Å²) in [5.74, 6) is 0.605. The summed E-state index contributed by atoms with van der Waals surface area (Å²) in [6.45, 7) is 3.80. The molecule has 102 valence electrons. The van der Waals surface area contributed by atoms with Gasteiger partial charge in [-0.25, -0.2) is 0 Å². The molecular formula is C15H17ClO3. The molecule has 0 amide bonds. The van der Waals surface area contributed by atoms with Crippen molar-refractivity contribution in [3.63, 3.8) is 0 Å². The normalized spacial score (nSPS) is 22.2. The quantitative estimate of drug-likeness (QED) is 0.794. The third kappa shape index (κ3) is 3.10. The Morgan fingerprint density at radius 2 is 2.05 bits per heavy atom. The Morgan fingerprint density at radius 1 is 1.42 bits per heavy atom. The minimum absolute atomic E-state index is 0.00500. The lowest BCUT2D eigenvalue weighted by Gasteiger charge is -2.22. The second kappa shape index (κ2) is 5.25. The number of hydrogen-bond acceptors (Lipinski definition) is 3. The molecule has 1 saturated heterocycles. The van der Waals surface area contributed by atoms with Crippen molar-refractivity contribution < 1.29 is 14.3 Å². The molecule has 19 heavy (non-hydrogen) atoms. The van der Waals surface area contributed by atoms with Crippen LogP contribution in [-0.4, -0.2) is 18.7 Å². The van der Waals surface area contributed by atoms with Crippen LogP contribution in [0.4, 0.5) is 0 Å². The molecule has 1 aliphatic rings. The molecule has 0 radical (unpaired) electrons. The minimum atomic E-state index is -0.496. The summed E-state index contributed by atoms with van der Waals surface area (Å²) in [6, 6.07) is 7.49. The Kier molecular flexibility index (Phi) is 3.85. The number of carbonyl (C=O) groups excluding carboxylic acids is 1. The molecule has 0 aromatic heterocycles. The number of hydrogen-bond donors (Lipinski definition) is 0. The summed E-state index contributed by atoms with van der Waals surface area (Å²) in [4.78, 5) is 11.4. The fourth-order valence-corrected chi connectivity index (χ4v) is 2.40. The number of carbonyl (C=O) groups is 1. The number of benzene rings is 1. The van der Waals surface area contributed by atoms with Gasteiger partial charge in [-0.3, -0.25) is 4.79 Å². The summed E-state index contributed by atoms with van der Waals surface area (Å²) in [7, 11) is 1.62. The topological polar surface area (TPSA) is 35.5 Å². The first kappa shape index (κ1) is 13.9. The van der Waals surface area contributed by atoms with E-state index in [-0.39, 0.29) is 11.9 Å². The highest BCUT2D eigenvalue weighted by atomic mass is 35.5. The summed E-state index contributed by atoms with van der Waals surface area (Å²) in [6.07, 6.45) is 2.27. The maximum atomic E-state index is 11.4. The van der Waals surface area contributed by atoms with Crippen molar-refractivity contribution in [2.45, 2.75) is 25.9 Å². The third-order valence-corrected chi connectivity index (χ3v) is 3.71. The van der Waals surface area contributed by atoms with E-state index in [0.29, 0.717) is 11.5 Å². The maximum Gasteiger partial charge on any atom is 0.307 e. The van der Waals surface area contributed by atoms with E-state index >= 15 is 0 Å². The summed E-state index contributed by atoms with van der Waals surface area (Å²) in [5.41, 5.74) is 0.404. The monoisotopic (exact) mass is 280 g/mol. The van der Waals surface area contributed by atoms with Crippen molar-refractivity contribution in [2.75, 3.05) is 7.11 Å². The van der Waals surface area contributed by atoms with Gasteiger partial charge >= 0.3 is 5.97 Å². The molecule has 1 fully saturated rings. The summed E-state index contributed by atoms with van der Waals surface area (Å²) >= 11 is 6.31. The number of esters is 1. The van der Waals surface area contributed by atoms with Crippen LogP contribution in [0.3, 0.4) is 0 Å². The van der Waals surface area contributed by atoms with Crippen LogP contribution in [0, 0.1) is 5.92 Å². The molecule has 0 saturated carbocycles. The van der Waals surface area contributed by atoms with Gasteiger partial charge in [0.25, 0.3) is 0 Å². The standard InChI is InChI=1S/C15H17ClO3/c1-15(2)11(9-14(17)19-15)8-13(16)10-4-6-12(18-3)7-5-10/h4-8,11H,9H2,1-3H3. The highest BCUT2D eigenvalue weighted by molar-refractivity contribution is 6.48. The van der Waals surface area contributed by atoms with Gasteiger partial charge in [-0.05, 0) is 43.7 Å². The zero-order valence-electron chi connectivity index (χ0n) is 11.3. The van der Waals surface area contributed by atoms with E-state index in [2.05, 4.69) is 0 Å². The van der Waals surface area contributed by atoms with E-state index in [1.54, 1.807) is 7.11 Å². The van der Waals surface area contributed by atoms with Gasteiger partial charge < -0.3 is 9.47 Å². The van der Waals surface area contributed by atoms with E-state index < -0.39 is 5.60 Å². The van der Waals surface area contributed by atoms with Crippen molar-refractivity contribution in [1.29, 1.82) is 0 Å². The number of ether oxygens (including phenoxy) is 2. The molecule has 2 rings (SSSR count). The van der Waals surface area contributed by atoms with Gasteiger partial charge in [0, 0.05) is 11.0 Å². The van der Waals surface area contributed by atoms with Crippen LogP contribution in [0.25, 0.3) is 5.03 Å². The van der Waals surface area contributed by atoms with Gasteiger partial charge in [-0.2, -0.15) is 0 Å². The van der Waals surface area contributed by atoms with E-state index in [4.69, 9.17) is 21.1 Å². The highest BCUT2D eigenvalue weighted by Crippen LogP contribution is 2.36. The second-order valence-corrected chi connectivity index (χ2v) is 5.54. The molecule has 0 spiro atoms. The number of rotatable bonds is 3. The van der Waals surface area contributed by atoms with Crippen LogP contribution in [0.15, 0.2) is 30.3 Å². The number of methoxy groups -OCH3 is 1. The molecule has 1 aromatic carbocycles. The van der Waals surface area contributed by atoms with Crippen LogP contribution >= 0.6 is 11.6 Å². The molecular weight excluding hydrogens is 264 g/mol. The lowest BCUT2D eigenvalue weighted by molar-refractivity contribution is -0.146. The Hall–Kier alpha value is -1.48. The van der Waals surface area contributed by atoms with Crippen molar-refractivity contribution in [3.8, 4) is 5.75 Å². The van der Waals surface area contributed by atoms with Crippen molar-refractivity contribution in [3.05, 3.63) is 35.9 Å². The first-order chi connectivity index (χ1) is 8.92. The second-order valence-electron chi connectivity index (χ2n) is 5.13. The molecule has 0 bridgehead atoms. The van der Waals surface area contributed by atoms with Crippen molar-refractivity contribution in [2.24, 2.45) is 5.92 Å². The first-order valence-corrected chi connectivity index (χ1v) is 6.54. The van der Waals surface area contributed by atoms with Crippen LogP contribution in [0.5, 0.6) is 5.75 Å². The largest absolute Gasteiger partial charge is 0.497 e. The van der Waals surface area contributed by atoms with Crippen LogP contribution in [0.2, 0.25) is 0 Å². The zero-order chi connectivity index (χ0) is 14.0. The Morgan fingerprint density at radius 3 is 2.53 bits per heavy atom. The molecule has 0 N–H and O–H groups in total. The predicted octanol–water partition coefficient (Wildman–Crippen LogP) is 3.62. The first-order valence-electron chi connectivity index (χ1n) is 6.16. The fraction of sp³-hybridized carbons (Fsp3) is 0.400. The Bertz CT molecular complexity index is 503. The Labute approximate surface area is 118 Å². The van der Waals surface area contributed by atoms with Gasteiger partial charge in [-0.15, -0.1) is 0 Å². The molecule has 1 heterocycles. The predicted molar refractivity (Wildman–Crippen MR) is 75.1 cm³/mol. The lowest BCUT2D eigenvalue weighted by atomic mass is 9.90. The van der Waals surface area contributed by atoms with Crippen LogP contribution in [0.1, 0.15) is 25.8 Å². The molecule has 1 aromatic rings. The average Bonchev–Trinajstić information content (AvgIpc) is 2.62. The smallest absolute Gasteiger partial charge is 0.307 e. The van der Waals surface area contributed by atoms with E-state index in [1.165, 1.54) is 0 Å². The highest BCUT2D eigenvalue weighted by Gasteiger charge is 2.40. The summed E-state index contributed by atoms with van der Waals surface area (Å²) < 4.78 is 10.4.